The minimum Gasteiger partial charge on any atom is -0.376 e. The largest absolute Gasteiger partial charge is 0.421 e. The van der Waals surface area contributed by atoms with Crippen molar-refractivity contribution in [3.05, 3.63) is 63.1 Å². The van der Waals surface area contributed by atoms with Crippen LogP contribution in [0.5, 0.6) is 0 Å². The first-order valence-electron chi connectivity index (χ1n) is 8.12. The Morgan fingerprint density at radius 2 is 1.47 bits per heavy atom. The lowest BCUT2D eigenvalue weighted by molar-refractivity contribution is -0.258. The maximum atomic E-state index is 13.0. The Morgan fingerprint density at radius 3 is 1.90 bits per heavy atom. The Morgan fingerprint density at radius 1 is 0.967 bits per heavy atom. The lowest BCUT2D eigenvalue weighted by atomic mass is 9.95. The van der Waals surface area contributed by atoms with Gasteiger partial charge in [-0.3, -0.25) is 0 Å². The number of amides is 2. The van der Waals surface area contributed by atoms with Crippen molar-refractivity contribution in [3.63, 3.8) is 0 Å². The summed E-state index contributed by atoms with van der Waals surface area (Å²) < 4.78 is 76.5. The summed E-state index contributed by atoms with van der Waals surface area (Å²) in [4.78, 5) is 12.0. The summed E-state index contributed by atoms with van der Waals surface area (Å²) in [6.07, 6.45) is -9.48. The minimum absolute atomic E-state index is 0.139. The third kappa shape index (κ3) is 5.50. The number of hydrogen-bond acceptors (Lipinski definition) is 2. The van der Waals surface area contributed by atoms with Crippen molar-refractivity contribution < 1.29 is 36.2 Å². The fourth-order valence-corrected chi connectivity index (χ4v) is 2.87. The highest BCUT2D eigenvalue weighted by Gasteiger charge is 2.51. The van der Waals surface area contributed by atoms with Crippen molar-refractivity contribution >= 4 is 34.9 Å². The maximum Gasteiger partial charge on any atom is 0.421 e. The second-order valence-corrected chi connectivity index (χ2v) is 7.20. The average Bonchev–Trinajstić information content (AvgIpc) is 2.61. The van der Waals surface area contributed by atoms with Gasteiger partial charge in [0.2, 0.25) is 0 Å². The first kappa shape index (κ1) is 24.1. The number of aliphatic hydroxyl groups is 1. The number of nitrogens with one attached hydrogen (secondary N) is 2. The Bertz CT molecular complexity index is 905. The molecule has 2 rings (SSSR count). The van der Waals surface area contributed by atoms with E-state index in [1.165, 1.54) is 12.1 Å². The normalized spacial score (nSPS) is 14.2. The summed E-state index contributed by atoms with van der Waals surface area (Å²) in [5.41, 5.74) is -4.52. The number of carbonyl (C=O) groups excluding carboxylic acids is 1. The maximum absolute atomic E-state index is 13.0. The molecule has 0 spiro atoms. The summed E-state index contributed by atoms with van der Waals surface area (Å²) >= 11 is 11.8. The second kappa shape index (κ2) is 8.52. The average molecular weight is 475 g/mol. The van der Waals surface area contributed by atoms with Crippen molar-refractivity contribution in [1.29, 1.82) is 0 Å². The highest BCUT2D eigenvalue weighted by atomic mass is 35.5. The minimum atomic E-state index is -4.99. The topological polar surface area (TPSA) is 61.4 Å². The van der Waals surface area contributed by atoms with E-state index in [1.54, 1.807) is 0 Å². The van der Waals surface area contributed by atoms with Crippen LogP contribution < -0.4 is 10.6 Å². The Labute approximate surface area is 176 Å². The molecule has 1 atom stereocenters. The summed E-state index contributed by atoms with van der Waals surface area (Å²) in [6, 6.07) is 4.84. The van der Waals surface area contributed by atoms with Crippen molar-refractivity contribution in [2.24, 2.45) is 0 Å². The van der Waals surface area contributed by atoms with Gasteiger partial charge in [-0.2, -0.15) is 26.3 Å². The molecule has 3 N–H and O–H groups in total. The molecular formula is C18H14Cl2F6N2O2. The third-order valence-corrected chi connectivity index (χ3v) is 4.73. The summed E-state index contributed by atoms with van der Waals surface area (Å²) in [6.45, 7) is 0.388. The molecule has 0 radical (unpaired) electrons. The van der Waals surface area contributed by atoms with E-state index in [9.17, 15) is 36.2 Å². The van der Waals surface area contributed by atoms with Crippen LogP contribution in [0.15, 0.2) is 36.4 Å². The molecule has 1 unspecified atom stereocenters. The fourth-order valence-electron chi connectivity index (χ4n) is 2.29. The van der Waals surface area contributed by atoms with Crippen LogP contribution in [0, 0.1) is 0 Å². The van der Waals surface area contributed by atoms with Gasteiger partial charge >= 0.3 is 18.4 Å². The zero-order valence-electron chi connectivity index (χ0n) is 15.1. The van der Waals surface area contributed by atoms with E-state index in [1.807, 2.05) is 0 Å². The number of alkyl halides is 6. The molecular weight excluding hydrogens is 461 g/mol. The molecule has 2 aromatic rings. The van der Waals surface area contributed by atoms with Crippen molar-refractivity contribution in [1.82, 2.24) is 5.32 Å². The van der Waals surface area contributed by atoms with Gasteiger partial charge in [-0.25, -0.2) is 4.79 Å². The van der Waals surface area contributed by atoms with E-state index in [0.29, 0.717) is 12.5 Å². The number of halogens is 8. The van der Waals surface area contributed by atoms with E-state index < -0.39 is 35.1 Å². The smallest absolute Gasteiger partial charge is 0.376 e. The molecule has 0 aromatic heterocycles. The molecule has 0 saturated heterocycles. The number of anilines is 1. The highest BCUT2D eigenvalue weighted by molar-refractivity contribution is 6.39. The van der Waals surface area contributed by atoms with E-state index in [4.69, 9.17) is 23.2 Å². The second-order valence-electron chi connectivity index (χ2n) is 6.39. The Balaban J connectivity index is 2.08. The van der Waals surface area contributed by atoms with Gasteiger partial charge in [-0.05, 0) is 42.3 Å². The van der Waals surface area contributed by atoms with Gasteiger partial charge in [0, 0.05) is 6.54 Å². The SMILES string of the molecule is CC(O)(c1cc(Cl)c(NC(=O)NCc2ccc(C(F)(F)F)cc2)c(Cl)c1)C(F)(F)F. The zero-order chi connectivity index (χ0) is 22.9. The lowest BCUT2D eigenvalue weighted by Crippen LogP contribution is -2.39. The van der Waals surface area contributed by atoms with Crippen LogP contribution in [0.25, 0.3) is 0 Å². The van der Waals surface area contributed by atoms with Crippen LogP contribution in [-0.4, -0.2) is 17.3 Å². The van der Waals surface area contributed by atoms with Crippen LogP contribution >= 0.6 is 23.2 Å². The predicted octanol–water partition coefficient (Wildman–Crippen LogP) is 6.10. The number of rotatable bonds is 4. The molecule has 0 bridgehead atoms. The first-order valence-corrected chi connectivity index (χ1v) is 8.88. The highest BCUT2D eigenvalue weighted by Crippen LogP contribution is 2.42. The molecule has 164 valence electrons. The molecule has 30 heavy (non-hydrogen) atoms. The molecule has 0 aliphatic carbocycles. The fraction of sp³-hybridized carbons (Fsp3) is 0.278. The van der Waals surface area contributed by atoms with Gasteiger partial charge < -0.3 is 15.7 Å². The Hall–Kier alpha value is -2.17. The summed E-state index contributed by atoms with van der Waals surface area (Å²) in [5.74, 6) is 0. The lowest BCUT2D eigenvalue weighted by Gasteiger charge is -2.27. The van der Waals surface area contributed by atoms with Gasteiger partial charge in [-0.15, -0.1) is 0 Å². The molecule has 2 aromatic carbocycles. The monoisotopic (exact) mass is 474 g/mol. The summed E-state index contributed by atoms with van der Waals surface area (Å²) in [7, 11) is 0. The number of urea groups is 1. The van der Waals surface area contributed by atoms with Crippen LogP contribution in [0.1, 0.15) is 23.6 Å². The zero-order valence-corrected chi connectivity index (χ0v) is 16.6. The van der Waals surface area contributed by atoms with Gasteiger partial charge in [0.15, 0.2) is 5.60 Å². The molecule has 0 fully saturated rings. The molecule has 2 amide bonds. The van der Waals surface area contributed by atoms with E-state index in [2.05, 4.69) is 10.6 Å². The van der Waals surface area contributed by atoms with Crippen LogP contribution in [0.3, 0.4) is 0 Å². The van der Waals surface area contributed by atoms with Crippen molar-refractivity contribution in [2.75, 3.05) is 5.32 Å². The van der Waals surface area contributed by atoms with E-state index >= 15 is 0 Å². The number of benzene rings is 2. The van der Waals surface area contributed by atoms with Gasteiger partial charge in [-0.1, -0.05) is 35.3 Å². The van der Waals surface area contributed by atoms with Gasteiger partial charge in [0.1, 0.15) is 0 Å². The molecule has 0 heterocycles. The van der Waals surface area contributed by atoms with Gasteiger partial charge in [0.05, 0.1) is 21.3 Å². The van der Waals surface area contributed by atoms with Crippen LogP contribution in [-0.2, 0) is 18.3 Å². The summed E-state index contributed by atoms with van der Waals surface area (Å²) in [5, 5.41) is 13.6. The van der Waals surface area contributed by atoms with Crippen LogP contribution in [0.2, 0.25) is 10.0 Å². The quantitative estimate of drug-likeness (QED) is 0.468. The third-order valence-electron chi connectivity index (χ3n) is 4.13. The molecule has 0 aliphatic heterocycles. The predicted molar refractivity (Wildman–Crippen MR) is 99.4 cm³/mol. The van der Waals surface area contributed by atoms with E-state index in [-0.39, 0.29) is 22.3 Å². The molecule has 12 heteroatoms. The van der Waals surface area contributed by atoms with Gasteiger partial charge in [0.25, 0.3) is 0 Å². The molecule has 4 nitrogen and oxygen atoms in total. The van der Waals surface area contributed by atoms with E-state index in [0.717, 1.165) is 24.3 Å². The Kier molecular flexibility index (Phi) is 6.85. The van der Waals surface area contributed by atoms with Crippen molar-refractivity contribution in [2.45, 2.75) is 31.4 Å². The molecule has 0 saturated carbocycles. The first-order chi connectivity index (χ1) is 13.6. The van der Waals surface area contributed by atoms with Crippen molar-refractivity contribution in [3.8, 4) is 0 Å². The standard InChI is InChI=1S/C18H14Cl2F6N2O2/c1-16(30,18(24,25)26)11-6-12(19)14(13(20)7-11)28-15(29)27-8-9-2-4-10(5-3-9)17(21,22)23/h2-7,30H,8H2,1H3,(H2,27,28,29). The molecule has 0 aliphatic rings. The van der Waals surface area contributed by atoms with Crippen LogP contribution in [0.4, 0.5) is 36.8 Å². The number of hydrogen-bond donors (Lipinski definition) is 3. The number of carbonyl (C=O) groups is 1.